The van der Waals surface area contributed by atoms with Gasteiger partial charge < -0.3 is 18.9 Å². The molecule has 35 heavy (non-hydrogen) atoms. The molecule has 7 nitrogen and oxygen atoms in total. The zero-order valence-electron chi connectivity index (χ0n) is 19.2. The van der Waals surface area contributed by atoms with Gasteiger partial charge in [-0.3, -0.25) is 4.79 Å². The number of amides is 1. The lowest BCUT2D eigenvalue weighted by Gasteiger charge is -2.14. The lowest BCUT2D eigenvalue weighted by Crippen LogP contribution is -2.17. The summed E-state index contributed by atoms with van der Waals surface area (Å²) in [6.07, 6.45) is 1.44. The Bertz CT molecular complexity index is 1230. The zero-order valence-corrected chi connectivity index (χ0v) is 21.5. The number of methoxy groups -OCH3 is 2. The van der Waals surface area contributed by atoms with Crippen LogP contribution in [0, 0.1) is 0 Å². The molecule has 0 saturated heterocycles. The third-order valence-electron chi connectivity index (χ3n) is 4.74. The first kappa shape index (κ1) is 26.5. The molecule has 0 aliphatic heterocycles. The minimum atomic E-state index is -0.416. The molecule has 0 unspecified atom stereocenters. The molecule has 0 atom stereocenters. The number of halogens is 3. The number of benzene rings is 3. The fourth-order valence-corrected chi connectivity index (χ4v) is 3.79. The number of hydrogen-bond donors (Lipinski definition) is 1. The summed E-state index contributed by atoms with van der Waals surface area (Å²) in [5, 5.41) is 5.33. The average Bonchev–Trinajstić information content (AvgIpc) is 2.84. The number of hydrazone groups is 1. The minimum Gasteiger partial charge on any atom is -0.493 e. The highest BCUT2D eigenvalue weighted by Crippen LogP contribution is 2.37. The number of hydrogen-bond acceptors (Lipinski definition) is 6. The molecule has 1 amide bonds. The fraction of sp³-hybridized carbons (Fsp3) is 0.200. The van der Waals surface area contributed by atoms with Crippen LogP contribution in [0.1, 0.15) is 28.4 Å². The summed E-state index contributed by atoms with van der Waals surface area (Å²) in [7, 11) is 3.00. The first-order chi connectivity index (χ1) is 16.9. The second-order valence-electron chi connectivity index (χ2n) is 7.06. The fourth-order valence-electron chi connectivity index (χ4n) is 3.06. The Morgan fingerprint density at radius 2 is 1.69 bits per heavy atom. The van der Waals surface area contributed by atoms with Crippen molar-refractivity contribution in [1.82, 2.24) is 5.43 Å². The molecular weight excluding hydrogens is 515 g/mol. The normalized spacial score (nSPS) is 10.8. The molecule has 1 N–H and O–H groups in total. The number of ether oxygens (including phenoxy) is 4. The summed E-state index contributed by atoms with van der Waals surface area (Å²) in [5.74, 6) is 1.34. The van der Waals surface area contributed by atoms with Crippen LogP contribution >= 0.6 is 34.8 Å². The van der Waals surface area contributed by atoms with Crippen LogP contribution in [0.2, 0.25) is 15.1 Å². The molecular formula is C25H23Cl3N2O5. The second kappa shape index (κ2) is 12.5. The van der Waals surface area contributed by atoms with Crippen molar-refractivity contribution in [2.24, 2.45) is 5.10 Å². The molecule has 3 rings (SSSR count). The van der Waals surface area contributed by atoms with Crippen molar-refractivity contribution in [3.05, 3.63) is 80.3 Å². The number of carbonyl (C=O) groups is 1. The second-order valence-corrected chi connectivity index (χ2v) is 8.31. The van der Waals surface area contributed by atoms with Gasteiger partial charge in [-0.2, -0.15) is 5.10 Å². The van der Waals surface area contributed by atoms with Crippen LogP contribution in [-0.2, 0) is 6.61 Å². The van der Waals surface area contributed by atoms with Gasteiger partial charge in [0.15, 0.2) is 23.0 Å². The van der Waals surface area contributed by atoms with E-state index in [9.17, 15) is 4.79 Å². The maximum atomic E-state index is 12.5. The monoisotopic (exact) mass is 536 g/mol. The summed E-state index contributed by atoms with van der Waals surface area (Å²) >= 11 is 18.6. The summed E-state index contributed by atoms with van der Waals surface area (Å²) in [4.78, 5) is 12.5. The third kappa shape index (κ3) is 6.94. The molecule has 0 fully saturated rings. The van der Waals surface area contributed by atoms with Crippen LogP contribution in [0.3, 0.4) is 0 Å². The standard InChI is InChI=1S/C25H23Cl3N2O5/c1-4-34-21-8-6-16(11-22(21)32-2)25(31)30-29-13-15-9-20(28)24(23(10-15)33-3)35-14-17-5-7-18(26)12-19(17)27/h5-13H,4,14H2,1-3H3,(H,30,31)/b29-13+. The molecule has 3 aromatic carbocycles. The van der Waals surface area contributed by atoms with Crippen LogP contribution in [0.15, 0.2) is 53.6 Å². The van der Waals surface area contributed by atoms with Crippen LogP contribution in [0.4, 0.5) is 0 Å². The van der Waals surface area contributed by atoms with Gasteiger partial charge >= 0.3 is 0 Å². The average molecular weight is 538 g/mol. The van der Waals surface area contributed by atoms with E-state index in [2.05, 4.69) is 10.5 Å². The number of carbonyl (C=O) groups excluding carboxylic acids is 1. The van der Waals surface area contributed by atoms with E-state index in [0.29, 0.717) is 55.8 Å². The zero-order chi connectivity index (χ0) is 25.4. The van der Waals surface area contributed by atoms with E-state index in [1.54, 1.807) is 48.5 Å². The van der Waals surface area contributed by atoms with E-state index in [4.69, 9.17) is 53.8 Å². The van der Waals surface area contributed by atoms with Gasteiger partial charge in [-0.1, -0.05) is 40.9 Å². The Balaban J connectivity index is 1.69. The Morgan fingerprint density at radius 3 is 2.37 bits per heavy atom. The van der Waals surface area contributed by atoms with Crippen molar-refractivity contribution in [2.75, 3.05) is 20.8 Å². The maximum Gasteiger partial charge on any atom is 0.271 e. The topological polar surface area (TPSA) is 78.4 Å². The van der Waals surface area contributed by atoms with Gasteiger partial charge in [0, 0.05) is 21.2 Å². The van der Waals surface area contributed by atoms with Crippen molar-refractivity contribution >= 4 is 46.9 Å². The van der Waals surface area contributed by atoms with Gasteiger partial charge in [-0.15, -0.1) is 0 Å². The summed E-state index contributed by atoms with van der Waals surface area (Å²) in [6, 6.07) is 13.3. The highest BCUT2D eigenvalue weighted by molar-refractivity contribution is 6.35. The number of nitrogens with one attached hydrogen (secondary N) is 1. The van der Waals surface area contributed by atoms with E-state index in [1.807, 2.05) is 6.92 Å². The lowest BCUT2D eigenvalue weighted by molar-refractivity contribution is 0.0954. The smallest absolute Gasteiger partial charge is 0.271 e. The van der Waals surface area contributed by atoms with Gasteiger partial charge in [0.2, 0.25) is 0 Å². The van der Waals surface area contributed by atoms with Crippen LogP contribution in [0.5, 0.6) is 23.0 Å². The molecule has 0 bridgehead atoms. The first-order valence-electron chi connectivity index (χ1n) is 10.4. The summed E-state index contributed by atoms with van der Waals surface area (Å²) in [6.45, 7) is 2.52. The largest absolute Gasteiger partial charge is 0.493 e. The summed E-state index contributed by atoms with van der Waals surface area (Å²) in [5.41, 5.74) is 4.17. The van der Waals surface area contributed by atoms with Gasteiger partial charge in [-0.05, 0) is 55.0 Å². The van der Waals surface area contributed by atoms with Crippen molar-refractivity contribution in [3.63, 3.8) is 0 Å². The van der Waals surface area contributed by atoms with E-state index < -0.39 is 5.91 Å². The van der Waals surface area contributed by atoms with Gasteiger partial charge in [-0.25, -0.2) is 5.43 Å². The van der Waals surface area contributed by atoms with E-state index >= 15 is 0 Å². The Kier molecular flexibility index (Phi) is 9.48. The van der Waals surface area contributed by atoms with Crippen molar-refractivity contribution in [2.45, 2.75) is 13.5 Å². The highest BCUT2D eigenvalue weighted by Gasteiger charge is 2.14. The Morgan fingerprint density at radius 1 is 0.914 bits per heavy atom. The third-order valence-corrected chi connectivity index (χ3v) is 5.61. The van der Waals surface area contributed by atoms with Crippen LogP contribution in [-0.4, -0.2) is 32.9 Å². The van der Waals surface area contributed by atoms with E-state index in [-0.39, 0.29) is 6.61 Å². The number of nitrogens with zero attached hydrogens (tertiary/aromatic N) is 1. The molecule has 0 aliphatic rings. The van der Waals surface area contributed by atoms with Crippen molar-refractivity contribution < 1.29 is 23.7 Å². The predicted molar refractivity (Wildman–Crippen MR) is 138 cm³/mol. The molecule has 0 aliphatic carbocycles. The quantitative estimate of drug-likeness (QED) is 0.239. The van der Waals surface area contributed by atoms with E-state index in [0.717, 1.165) is 5.56 Å². The highest BCUT2D eigenvalue weighted by atomic mass is 35.5. The minimum absolute atomic E-state index is 0.168. The molecule has 10 heteroatoms. The first-order valence-corrected chi connectivity index (χ1v) is 11.6. The van der Waals surface area contributed by atoms with Crippen LogP contribution in [0.25, 0.3) is 0 Å². The molecule has 0 spiro atoms. The maximum absolute atomic E-state index is 12.5. The van der Waals surface area contributed by atoms with E-state index in [1.165, 1.54) is 20.4 Å². The van der Waals surface area contributed by atoms with Gasteiger partial charge in [0.25, 0.3) is 5.91 Å². The van der Waals surface area contributed by atoms with Gasteiger partial charge in [0.1, 0.15) is 6.61 Å². The van der Waals surface area contributed by atoms with Gasteiger partial charge in [0.05, 0.1) is 32.1 Å². The van der Waals surface area contributed by atoms with Crippen molar-refractivity contribution in [3.8, 4) is 23.0 Å². The Hall–Kier alpha value is -3.13. The molecule has 0 radical (unpaired) electrons. The molecule has 0 heterocycles. The SMILES string of the molecule is CCOc1ccc(C(=O)N/N=C/c2cc(Cl)c(OCc3ccc(Cl)cc3Cl)c(OC)c2)cc1OC. The molecule has 0 saturated carbocycles. The molecule has 0 aromatic heterocycles. The van der Waals surface area contributed by atoms with Crippen molar-refractivity contribution in [1.29, 1.82) is 0 Å². The Labute approximate surface area is 218 Å². The summed E-state index contributed by atoms with van der Waals surface area (Å²) < 4.78 is 22.0. The molecule has 3 aromatic rings. The van der Waals surface area contributed by atoms with Crippen LogP contribution < -0.4 is 24.4 Å². The lowest BCUT2D eigenvalue weighted by atomic mass is 10.2. The number of rotatable bonds is 10. The molecule has 184 valence electrons. The predicted octanol–water partition coefficient (Wildman–Crippen LogP) is 6.41.